The number of anilines is 1. The number of carbonyl (C=O) groups excluding carboxylic acids is 3. The maximum Gasteiger partial charge on any atom is 0.317 e. The molecule has 0 radical (unpaired) electrons. The highest BCUT2D eigenvalue weighted by Crippen LogP contribution is 2.25. The van der Waals surface area contributed by atoms with Gasteiger partial charge in [0.15, 0.2) is 11.9 Å². The quantitative estimate of drug-likeness (QED) is 0.379. The predicted octanol–water partition coefficient (Wildman–Crippen LogP) is 4.62. The third-order valence-electron chi connectivity index (χ3n) is 3.70. The van der Waals surface area contributed by atoms with Gasteiger partial charge in [-0.25, -0.2) is 0 Å². The zero-order valence-electron chi connectivity index (χ0n) is 15.2. The van der Waals surface area contributed by atoms with Gasteiger partial charge in [-0.15, -0.1) is 11.8 Å². The van der Waals surface area contributed by atoms with Crippen LogP contribution in [0.3, 0.4) is 0 Å². The smallest absolute Gasteiger partial charge is 0.317 e. The Hall–Kier alpha value is -2.12. The fraction of sp³-hybridized carbons (Fsp3) is 0.250. The van der Waals surface area contributed by atoms with Crippen molar-refractivity contribution in [3.05, 3.63) is 58.1 Å². The average molecular weight is 450 g/mol. The number of thioether (sulfide) groups is 1. The summed E-state index contributed by atoms with van der Waals surface area (Å²) >= 11 is 4.76. The van der Waals surface area contributed by atoms with Crippen molar-refractivity contribution in [2.24, 2.45) is 0 Å². The van der Waals surface area contributed by atoms with E-state index in [9.17, 15) is 14.4 Å². The molecule has 2 aromatic carbocycles. The molecule has 1 unspecified atom stereocenters. The van der Waals surface area contributed by atoms with E-state index in [0.717, 1.165) is 14.9 Å². The number of amides is 1. The number of benzene rings is 2. The van der Waals surface area contributed by atoms with Crippen LogP contribution < -0.4 is 5.32 Å². The Morgan fingerprint density at radius 3 is 2.59 bits per heavy atom. The molecular weight excluding hydrogens is 430 g/mol. The first kappa shape index (κ1) is 21.2. The number of rotatable bonds is 7. The molecular formula is C20H20BrNO4S. The van der Waals surface area contributed by atoms with Crippen molar-refractivity contribution < 1.29 is 19.1 Å². The zero-order valence-corrected chi connectivity index (χ0v) is 17.6. The van der Waals surface area contributed by atoms with E-state index in [1.165, 1.54) is 25.6 Å². The van der Waals surface area contributed by atoms with Crippen LogP contribution in [0.4, 0.5) is 5.69 Å². The molecule has 7 heteroatoms. The van der Waals surface area contributed by atoms with Crippen molar-refractivity contribution in [2.75, 3.05) is 11.1 Å². The lowest BCUT2D eigenvalue weighted by molar-refractivity contribution is -0.150. The van der Waals surface area contributed by atoms with Crippen LogP contribution in [-0.2, 0) is 14.3 Å². The number of Topliss-reactive ketones (excluding diaryl/α,β-unsaturated/α-hetero) is 1. The number of esters is 1. The van der Waals surface area contributed by atoms with Crippen LogP contribution in [0.25, 0.3) is 0 Å². The number of halogens is 1. The van der Waals surface area contributed by atoms with Crippen LogP contribution in [0, 0.1) is 6.92 Å². The minimum absolute atomic E-state index is 0.0918. The molecule has 0 saturated heterocycles. The number of hydrogen-bond acceptors (Lipinski definition) is 5. The van der Waals surface area contributed by atoms with Crippen molar-refractivity contribution in [3.63, 3.8) is 0 Å². The summed E-state index contributed by atoms with van der Waals surface area (Å²) in [6, 6.07) is 12.4. The second-order valence-corrected chi connectivity index (χ2v) is 7.89. The summed E-state index contributed by atoms with van der Waals surface area (Å²) < 4.78 is 6.18. The first-order valence-corrected chi connectivity index (χ1v) is 10.0. The molecule has 0 aliphatic heterocycles. The van der Waals surface area contributed by atoms with Crippen LogP contribution in [-0.4, -0.2) is 29.5 Å². The molecule has 142 valence electrons. The molecule has 1 N–H and O–H groups in total. The van der Waals surface area contributed by atoms with Crippen molar-refractivity contribution in [1.29, 1.82) is 0 Å². The van der Waals surface area contributed by atoms with Gasteiger partial charge >= 0.3 is 5.97 Å². The topological polar surface area (TPSA) is 72.5 Å². The monoisotopic (exact) mass is 449 g/mol. The van der Waals surface area contributed by atoms with Crippen LogP contribution >= 0.6 is 27.7 Å². The molecule has 0 aliphatic rings. The Balaban J connectivity index is 1.87. The third kappa shape index (κ3) is 6.52. The van der Waals surface area contributed by atoms with E-state index in [1.807, 2.05) is 25.1 Å². The van der Waals surface area contributed by atoms with Crippen LogP contribution in [0.5, 0.6) is 0 Å². The average Bonchev–Trinajstić information content (AvgIpc) is 2.61. The Bertz CT molecular complexity index is 869. The molecule has 0 spiro atoms. The van der Waals surface area contributed by atoms with E-state index >= 15 is 0 Å². The molecule has 2 aromatic rings. The van der Waals surface area contributed by atoms with Crippen LogP contribution in [0.2, 0.25) is 0 Å². The molecule has 2 rings (SSSR count). The van der Waals surface area contributed by atoms with Gasteiger partial charge in [0.1, 0.15) is 0 Å². The molecule has 1 atom stereocenters. The highest BCUT2D eigenvalue weighted by atomic mass is 79.9. The zero-order chi connectivity index (χ0) is 20.0. The fourth-order valence-corrected chi connectivity index (χ4v) is 3.52. The third-order valence-corrected chi connectivity index (χ3v) is 5.34. The molecule has 0 fully saturated rings. The second kappa shape index (κ2) is 9.71. The van der Waals surface area contributed by atoms with Crippen molar-refractivity contribution in [3.8, 4) is 0 Å². The first-order chi connectivity index (χ1) is 12.8. The molecule has 27 heavy (non-hydrogen) atoms. The Morgan fingerprint density at radius 2 is 1.93 bits per heavy atom. The van der Waals surface area contributed by atoms with Crippen LogP contribution in [0.15, 0.2) is 51.8 Å². The summed E-state index contributed by atoms with van der Waals surface area (Å²) in [7, 11) is 0. The van der Waals surface area contributed by atoms with Crippen molar-refractivity contribution in [1.82, 2.24) is 0 Å². The number of carbonyl (C=O) groups is 3. The van der Waals surface area contributed by atoms with Gasteiger partial charge in [0, 0.05) is 20.6 Å². The maximum absolute atomic E-state index is 12.2. The van der Waals surface area contributed by atoms with E-state index in [1.54, 1.807) is 24.3 Å². The van der Waals surface area contributed by atoms with E-state index in [0.29, 0.717) is 11.3 Å². The molecule has 0 heterocycles. The summed E-state index contributed by atoms with van der Waals surface area (Å²) in [6.07, 6.45) is -0.940. The Labute approximate surface area is 171 Å². The molecule has 0 saturated carbocycles. The van der Waals surface area contributed by atoms with Gasteiger partial charge in [0.05, 0.1) is 5.75 Å². The maximum atomic E-state index is 12.2. The summed E-state index contributed by atoms with van der Waals surface area (Å²) in [5.74, 6) is -0.901. The molecule has 0 aliphatic carbocycles. The lowest BCUT2D eigenvalue weighted by Gasteiger charge is -2.14. The lowest BCUT2D eigenvalue weighted by Crippen LogP contribution is -2.30. The fourth-order valence-electron chi connectivity index (χ4n) is 2.26. The van der Waals surface area contributed by atoms with Gasteiger partial charge in [0.2, 0.25) is 0 Å². The number of nitrogens with one attached hydrogen (secondary N) is 1. The van der Waals surface area contributed by atoms with Gasteiger partial charge in [-0.2, -0.15) is 0 Å². The summed E-state index contributed by atoms with van der Waals surface area (Å²) in [6.45, 7) is 4.93. The number of hydrogen-bond donors (Lipinski definition) is 1. The second-order valence-electron chi connectivity index (χ2n) is 5.96. The summed E-state index contributed by atoms with van der Waals surface area (Å²) in [4.78, 5) is 36.6. The predicted molar refractivity (Wildman–Crippen MR) is 110 cm³/mol. The lowest BCUT2D eigenvalue weighted by atomic mass is 10.1. The van der Waals surface area contributed by atoms with Gasteiger partial charge in [-0.1, -0.05) is 28.1 Å². The van der Waals surface area contributed by atoms with Gasteiger partial charge in [-0.05, 0) is 56.7 Å². The minimum Gasteiger partial charge on any atom is -0.452 e. The molecule has 5 nitrogen and oxygen atoms in total. The number of ketones is 1. The Morgan fingerprint density at radius 1 is 1.19 bits per heavy atom. The number of aryl methyl sites for hydroxylation is 1. The SMILES string of the molecule is CC(=O)c1cccc(NC(=O)C(C)OC(=O)CSc2ccc(Br)cc2C)c1. The van der Waals surface area contributed by atoms with Gasteiger partial charge < -0.3 is 10.1 Å². The first-order valence-electron chi connectivity index (χ1n) is 8.26. The standard InChI is InChI=1S/C20H20BrNO4S/c1-12-9-16(21)7-8-18(12)27-11-19(24)26-14(3)20(25)22-17-6-4-5-15(10-17)13(2)23/h4-10,14H,11H2,1-3H3,(H,22,25). The van der Waals surface area contributed by atoms with Gasteiger partial charge in [-0.3, -0.25) is 14.4 Å². The summed E-state index contributed by atoms with van der Waals surface area (Å²) in [5, 5.41) is 2.65. The number of ether oxygens (including phenoxy) is 1. The molecule has 1 amide bonds. The van der Waals surface area contributed by atoms with Gasteiger partial charge in [0.25, 0.3) is 5.91 Å². The highest BCUT2D eigenvalue weighted by molar-refractivity contribution is 9.10. The normalized spacial score (nSPS) is 11.6. The van der Waals surface area contributed by atoms with E-state index in [4.69, 9.17) is 4.74 Å². The van der Waals surface area contributed by atoms with E-state index < -0.39 is 18.0 Å². The van der Waals surface area contributed by atoms with Crippen molar-refractivity contribution >= 4 is 51.0 Å². The molecule has 0 bridgehead atoms. The van der Waals surface area contributed by atoms with E-state index in [-0.39, 0.29) is 11.5 Å². The minimum atomic E-state index is -0.940. The van der Waals surface area contributed by atoms with Crippen LogP contribution in [0.1, 0.15) is 29.8 Å². The largest absolute Gasteiger partial charge is 0.452 e. The summed E-state index contributed by atoms with van der Waals surface area (Å²) in [5.41, 5.74) is 2.03. The van der Waals surface area contributed by atoms with E-state index in [2.05, 4.69) is 21.2 Å². The molecule has 0 aromatic heterocycles. The Kier molecular flexibility index (Phi) is 7.62. The highest BCUT2D eigenvalue weighted by Gasteiger charge is 2.18. The van der Waals surface area contributed by atoms with Crippen molar-refractivity contribution in [2.45, 2.75) is 31.8 Å².